The van der Waals surface area contributed by atoms with Gasteiger partial charge in [-0.05, 0) is 55.2 Å². The first-order chi connectivity index (χ1) is 12.8. The van der Waals surface area contributed by atoms with Crippen LogP contribution in [0.2, 0.25) is 0 Å². The van der Waals surface area contributed by atoms with Gasteiger partial charge in [-0.25, -0.2) is 0 Å². The van der Waals surface area contributed by atoms with E-state index in [4.69, 9.17) is 4.74 Å². The van der Waals surface area contributed by atoms with Crippen LogP contribution in [0.3, 0.4) is 0 Å². The number of carbonyl (C=O) groups is 1. The molecule has 26 heavy (non-hydrogen) atoms. The van der Waals surface area contributed by atoms with E-state index in [0.717, 1.165) is 35.4 Å². The van der Waals surface area contributed by atoms with E-state index in [2.05, 4.69) is 17.4 Å². The molecule has 0 saturated heterocycles. The predicted molar refractivity (Wildman–Crippen MR) is 107 cm³/mol. The van der Waals surface area contributed by atoms with Gasteiger partial charge in [-0.3, -0.25) is 4.79 Å². The summed E-state index contributed by atoms with van der Waals surface area (Å²) in [6.45, 7) is 3.31. The Labute approximate surface area is 155 Å². The Kier molecular flexibility index (Phi) is 6.26. The van der Waals surface area contributed by atoms with Gasteiger partial charge in [0.05, 0.1) is 6.61 Å². The van der Waals surface area contributed by atoms with Crippen molar-refractivity contribution in [3.63, 3.8) is 0 Å². The van der Waals surface area contributed by atoms with Crippen molar-refractivity contribution in [2.24, 2.45) is 5.92 Å². The zero-order valence-electron chi connectivity index (χ0n) is 15.2. The topological polar surface area (TPSA) is 38.3 Å². The van der Waals surface area contributed by atoms with Crippen LogP contribution in [0.25, 0.3) is 6.08 Å². The van der Waals surface area contributed by atoms with Gasteiger partial charge in [-0.2, -0.15) is 0 Å². The second-order valence-electron chi connectivity index (χ2n) is 6.40. The minimum Gasteiger partial charge on any atom is -0.494 e. The lowest BCUT2D eigenvalue weighted by Gasteiger charge is -2.11. The van der Waals surface area contributed by atoms with Gasteiger partial charge in [0.2, 0.25) is 0 Å². The number of ketones is 1. The Morgan fingerprint density at radius 1 is 1.12 bits per heavy atom. The molecule has 134 valence electrons. The van der Waals surface area contributed by atoms with Crippen LogP contribution in [0, 0.1) is 5.92 Å². The molecule has 2 aromatic carbocycles. The fraction of sp³-hybridized carbons (Fsp3) is 0.261. The zero-order valence-corrected chi connectivity index (χ0v) is 15.2. The van der Waals surface area contributed by atoms with Crippen molar-refractivity contribution < 1.29 is 9.53 Å². The number of ether oxygens (including phenoxy) is 1. The van der Waals surface area contributed by atoms with Crippen LogP contribution in [-0.2, 0) is 4.79 Å². The highest BCUT2D eigenvalue weighted by molar-refractivity contribution is 6.00. The van der Waals surface area contributed by atoms with Gasteiger partial charge in [0.15, 0.2) is 5.78 Å². The summed E-state index contributed by atoms with van der Waals surface area (Å²) in [5, 5.41) is 3.37. The second kappa shape index (κ2) is 9.04. The summed E-state index contributed by atoms with van der Waals surface area (Å²) in [5.41, 5.74) is 3.09. The Morgan fingerprint density at radius 3 is 2.62 bits per heavy atom. The first-order valence-electron chi connectivity index (χ1n) is 9.19. The highest BCUT2D eigenvalue weighted by Crippen LogP contribution is 2.27. The number of hydrogen-bond acceptors (Lipinski definition) is 3. The van der Waals surface area contributed by atoms with E-state index < -0.39 is 0 Å². The molecule has 2 aromatic rings. The minimum absolute atomic E-state index is 0.0537. The van der Waals surface area contributed by atoms with Crippen molar-refractivity contribution in [1.29, 1.82) is 0 Å². The number of carbonyl (C=O) groups excluding carboxylic acids is 1. The minimum atomic E-state index is 0.0537. The maximum absolute atomic E-state index is 12.5. The molecule has 0 spiro atoms. The quantitative estimate of drug-likeness (QED) is 0.707. The number of benzene rings is 2. The molecule has 0 aromatic heterocycles. The van der Waals surface area contributed by atoms with Gasteiger partial charge in [0.25, 0.3) is 0 Å². The van der Waals surface area contributed by atoms with Crippen molar-refractivity contribution in [2.45, 2.75) is 19.8 Å². The molecule has 3 rings (SSSR count). The van der Waals surface area contributed by atoms with Crippen LogP contribution in [0.5, 0.6) is 5.75 Å². The normalized spacial score (nSPS) is 18.6. The molecule has 0 aliphatic heterocycles. The lowest BCUT2D eigenvalue weighted by atomic mass is 10.1. The summed E-state index contributed by atoms with van der Waals surface area (Å²) >= 11 is 0. The molecule has 0 bridgehead atoms. The molecule has 1 aliphatic rings. The first-order valence-corrected chi connectivity index (χ1v) is 9.19. The van der Waals surface area contributed by atoms with E-state index in [0.29, 0.717) is 13.2 Å². The largest absolute Gasteiger partial charge is 0.494 e. The van der Waals surface area contributed by atoms with E-state index in [1.807, 2.05) is 67.6 Å². The Balaban J connectivity index is 1.52. The summed E-state index contributed by atoms with van der Waals surface area (Å²) in [4.78, 5) is 12.5. The number of allylic oxidation sites excluding steroid dienone is 3. The summed E-state index contributed by atoms with van der Waals surface area (Å²) in [5.74, 6) is 1.18. The van der Waals surface area contributed by atoms with Gasteiger partial charge in [-0.15, -0.1) is 0 Å². The van der Waals surface area contributed by atoms with Crippen LogP contribution in [0.15, 0.2) is 72.3 Å². The average Bonchev–Trinajstić information content (AvgIpc) is 3.02. The lowest BCUT2D eigenvalue weighted by Crippen LogP contribution is -2.18. The third-order valence-corrected chi connectivity index (χ3v) is 4.55. The number of rotatable bonds is 7. The molecule has 1 N–H and O–H groups in total. The van der Waals surface area contributed by atoms with Crippen molar-refractivity contribution in [3.8, 4) is 5.75 Å². The monoisotopic (exact) mass is 347 g/mol. The van der Waals surface area contributed by atoms with Crippen molar-refractivity contribution in [3.05, 3.63) is 77.9 Å². The van der Waals surface area contributed by atoms with Gasteiger partial charge in [-0.1, -0.05) is 48.6 Å². The maximum atomic E-state index is 12.5. The smallest absolute Gasteiger partial charge is 0.163 e. The van der Waals surface area contributed by atoms with Crippen LogP contribution in [0.1, 0.15) is 25.3 Å². The Morgan fingerprint density at radius 2 is 1.88 bits per heavy atom. The number of anilines is 1. The molecule has 1 fully saturated rings. The maximum Gasteiger partial charge on any atom is 0.163 e. The van der Waals surface area contributed by atoms with Crippen LogP contribution < -0.4 is 10.1 Å². The van der Waals surface area contributed by atoms with Crippen molar-refractivity contribution in [2.75, 3.05) is 18.5 Å². The van der Waals surface area contributed by atoms with Gasteiger partial charge in [0.1, 0.15) is 5.75 Å². The van der Waals surface area contributed by atoms with E-state index >= 15 is 0 Å². The Hall–Kier alpha value is -2.81. The van der Waals surface area contributed by atoms with E-state index in [1.165, 1.54) is 0 Å². The van der Waals surface area contributed by atoms with E-state index in [-0.39, 0.29) is 11.7 Å². The molecule has 0 heterocycles. The van der Waals surface area contributed by atoms with Crippen molar-refractivity contribution in [1.82, 2.24) is 0 Å². The third-order valence-electron chi connectivity index (χ3n) is 4.55. The van der Waals surface area contributed by atoms with Crippen molar-refractivity contribution >= 4 is 17.5 Å². The van der Waals surface area contributed by atoms with Gasteiger partial charge < -0.3 is 10.1 Å². The molecule has 1 atom stereocenters. The highest BCUT2D eigenvalue weighted by Gasteiger charge is 2.28. The van der Waals surface area contributed by atoms with Gasteiger partial charge in [0, 0.05) is 18.2 Å². The molecule has 1 unspecified atom stereocenters. The highest BCUT2D eigenvalue weighted by atomic mass is 16.5. The molecular weight excluding hydrogens is 322 g/mol. The number of Topliss-reactive ketones (excluding diaryl/α,β-unsaturated/α-hetero) is 1. The second-order valence-corrected chi connectivity index (χ2v) is 6.40. The molecule has 1 aliphatic carbocycles. The molecule has 3 nitrogen and oxygen atoms in total. The summed E-state index contributed by atoms with van der Waals surface area (Å²) < 4.78 is 5.44. The zero-order chi connectivity index (χ0) is 18.2. The number of hydrogen-bond donors (Lipinski definition) is 1. The predicted octanol–water partition coefficient (Wildman–Crippen LogP) is 5.12. The molecule has 0 radical (unpaired) electrons. The Bertz CT molecular complexity index is 776. The van der Waals surface area contributed by atoms with E-state index in [1.54, 1.807) is 0 Å². The van der Waals surface area contributed by atoms with Gasteiger partial charge >= 0.3 is 0 Å². The molecule has 3 heteroatoms. The summed E-state index contributed by atoms with van der Waals surface area (Å²) in [7, 11) is 0. The molecule has 0 amide bonds. The average molecular weight is 347 g/mol. The van der Waals surface area contributed by atoms with E-state index in [9.17, 15) is 4.79 Å². The molecule has 1 saturated carbocycles. The fourth-order valence-electron chi connectivity index (χ4n) is 3.12. The first kappa shape index (κ1) is 18.0. The summed E-state index contributed by atoms with van der Waals surface area (Å²) in [6.07, 6.45) is 7.74. The van der Waals surface area contributed by atoms with Crippen LogP contribution in [-0.4, -0.2) is 18.9 Å². The van der Waals surface area contributed by atoms with Crippen LogP contribution in [0.4, 0.5) is 5.69 Å². The SMILES string of the molecule is CCOc1ccc(NCC2CC/C(=C\C=C\c3ccccc3)C2=O)cc1. The third kappa shape index (κ3) is 4.85. The summed E-state index contributed by atoms with van der Waals surface area (Å²) in [6, 6.07) is 18.0. The standard InChI is InChI=1S/C23H25NO2/c1-2-26-22-15-13-21(14-16-22)24-17-20-12-11-19(23(20)25)10-6-9-18-7-4-3-5-8-18/h3-10,13-16,20,24H,2,11-12,17H2,1H3/b9-6+,19-10+. The van der Waals surface area contributed by atoms with Crippen LogP contribution >= 0.6 is 0 Å². The molecular formula is C23H25NO2. The lowest BCUT2D eigenvalue weighted by molar-refractivity contribution is -0.117. The number of nitrogens with one attached hydrogen (secondary N) is 1. The fourth-order valence-corrected chi connectivity index (χ4v) is 3.12.